The summed E-state index contributed by atoms with van der Waals surface area (Å²) in [6.45, 7) is 0.620. The smallest absolute Gasteiger partial charge is 0.222 e. The Balaban J connectivity index is 1.32. The van der Waals surface area contributed by atoms with Crippen molar-refractivity contribution in [2.75, 3.05) is 6.54 Å². The van der Waals surface area contributed by atoms with Crippen LogP contribution in [-0.4, -0.2) is 22.0 Å². The first kappa shape index (κ1) is 19.2. The number of H-pyrrole nitrogens is 1. The quantitative estimate of drug-likeness (QED) is 0.370. The van der Waals surface area contributed by atoms with E-state index in [4.69, 9.17) is 0 Å². The van der Waals surface area contributed by atoms with Gasteiger partial charge in [0.05, 0.1) is 12.5 Å². The monoisotopic (exact) mass is 407 g/mol. The number of aromatic amines is 1. The second-order valence-electron chi connectivity index (χ2n) is 7.88. The lowest BCUT2D eigenvalue weighted by Crippen LogP contribution is -2.28. The third-order valence-electron chi connectivity index (χ3n) is 5.94. The van der Waals surface area contributed by atoms with Crippen molar-refractivity contribution < 1.29 is 4.79 Å². The summed E-state index contributed by atoms with van der Waals surface area (Å²) in [5.41, 5.74) is 3.53. The molecule has 2 aromatic heterocycles. The zero-order chi connectivity index (χ0) is 21.0. The van der Waals surface area contributed by atoms with Gasteiger partial charge in [-0.05, 0) is 46.5 Å². The summed E-state index contributed by atoms with van der Waals surface area (Å²) < 4.78 is 2.13. The second-order valence-corrected chi connectivity index (χ2v) is 7.88. The van der Waals surface area contributed by atoms with Crippen LogP contribution in [0.1, 0.15) is 23.6 Å². The maximum atomic E-state index is 12.9. The lowest BCUT2D eigenvalue weighted by Gasteiger charge is -2.21. The first-order chi connectivity index (χ1) is 15.3. The summed E-state index contributed by atoms with van der Waals surface area (Å²) in [5.74, 6) is 0.0616. The highest BCUT2D eigenvalue weighted by Crippen LogP contribution is 2.29. The number of hydrogen-bond acceptors (Lipinski definition) is 1. The number of aromatic nitrogens is 2. The molecule has 154 valence electrons. The Morgan fingerprint density at radius 3 is 2.48 bits per heavy atom. The number of nitrogens with zero attached hydrogens (tertiary/aromatic N) is 1. The van der Waals surface area contributed by atoms with Gasteiger partial charge in [0, 0.05) is 36.0 Å². The van der Waals surface area contributed by atoms with Crippen molar-refractivity contribution in [2.45, 2.75) is 18.9 Å². The molecule has 0 saturated heterocycles. The average molecular weight is 408 g/mol. The van der Waals surface area contributed by atoms with Crippen LogP contribution >= 0.6 is 0 Å². The van der Waals surface area contributed by atoms with E-state index in [0.717, 1.165) is 11.9 Å². The van der Waals surface area contributed by atoms with Crippen molar-refractivity contribution in [3.63, 3.8) is 0 Å². The van der Waals surface area contributed by atoms with Crippen molar-refractivity contribution in [1.82, 2.24) is 14.9 Å². The second kappa shape index (κ2) is 8.52. The number of carbonyl (C=O) groups is 1. The summed E-state index contributed by atoms with van der Waals surface area (Å²) in [4.78, 5) is 16.2. The topological polar surface area (TPSA) is 49.8 Å². The maximum absolute atomic E-state index is 12.9. The van der Waals surface area contributed by atoms with Crippen LogP contribution in [0.4, 0.5) is 0 Å². The minimum Gasteiger partial charge on any atom is -0.361 e. The first-order valence-corrected chi connectivity index (χ1v) is 10.7. The molecule has 0 aliphatic heterocycles. The molecule has 0 aliphatic carbocycles. The highest BCUT2D eigenvalue weighted by atomic mass is 16.1. The van der Waals surface area contributed by atoms with Crippen LogP contribution in [0, 0.1) is 0 Å². The molecule has 3 aromatic carbocycles. The fourth-order valence-electron chi connectivity index (χ4n) is 4.40. The van der Waals surface area contributed by atoms with E-state index < -0.39 is 0 Å². The van der Waals surface area contributed by atoms with Crippen LogP contribution in [0.15, 0.2) is 97.5 Å². The highest BCUT2D eigenvalue weighted by molar-refractivity contribution is 5.87. The van der Waals surface area contributed by atoms with Gasteiger partial charge in [-0.1, -0.05) is 60.7 Å². The summed E-state index contributed by atoms with van der Waals surface area (Å²) in [5, 5.41) is 6.73. The fourth-order valence-corrected chi connectivity index (χ4v) is 4.40. The molecule has 2 N–H and O–H groups in total. The standard InChI is InChI=1S/C27H25N3O/c31-27(28-15-14-21-19-29-25-13-4-3-11-23(21)25)18-26(30-16-5-6-17-30)24-12-7-9-20-8-1-2-10-22(20)24/h1-13,16-17,19,26,29H,14-15,18H2,(H,28,31)/t26-/m1/s1. The van der Waals surface area contributed by atoms with Gasteiger partial charge in [-0.3, -0.25) is 4.79 Å². The van der Waals surface area contributed by atoms with Gasteiger partial charge in [0.1, 0.15) is 0 Å². The molecule has 4 heteroatoms. The van der Waals surface area contributed by atoms with Gasteiger partial charge < -0.3 is 14.9 Å². The van der Waals surface area contributed by atoms with E-state index in [1.807, 2.05) is 48.9 Å². The van der Waals surface area contributed by atoms with Crippen molar-refractivity contribution >= 4 is 27.6 Å². The number of nitrogens with one attached hydrogen (secondary N) is 2. The summed E-state index contributed by atoms with van der Waals surface area (Å²) in [6, 6.07) is 26.9. The molecule has 5 aromatic rings. The summed E-state index contributed by atoms with van der Waals surface area (Å²) in [7, 11) is 0. The number of fused-ring (bicyclic) bond motifs is 2. The van der Waals surface area contributed by atoms with E-state index in [-0.39, 0.29) is 11.9 Å². The molecule has 31 heavy (non-hydrogen) atoms. The molecule has 0 fully saturated rings. The van der Waals surface area contributed by atoms with Gasteiger partial charge in [0.15, 0.2) is 0 Å². The normalized spacial score (nSPS) is 12.3. The van der Waals surface area contributed by atoms with Crippen molar-refractivity contribution in [1.29, 1.82) is 0 Å². The van der Waals surface area contributed by atoms with Gasteiger partial charge in [-0.15, -0.1) is 0 Å². The molecule has 0 aliphatic rings. The lowest BCUT2D eigenvalue weighted by molar-refractivity contribution is -0.121. The predicted octanol–water partition coefficient (Wildman–Crippen LogP) is 5.46. The van der Waals surface area contributed by atoms with E-state index in [2.05, 4.69) is 63.4 Å². The van der Waals surface area contributed by atoms with Gasteiger partial charge in [0.2, 0.25) is 5.91 Å². The average Bonchev–Trinajstić information content (AvgIpc) is 3.48. The van der Waals surface area contributed by atoms with E-state index >= 15 is 0 Å². The molecule has 0 radical (unpaired) electrons. The van der Waals surface area contributed by atoms with Crippen molar-refractivity contribution in [3.8, 4) is 0 Å². The number of benzene rings is 3. The molecule has 4 nitrogen and oxygen atoms in total. The van der Waals surface area contributed by atoms with E-state index in [9.17, 15) is 4.79 Å². The highest BCUT2D eigenvalue weighted by Gasteiger charge is 2.19. The number of amides is 1. The third-order valence-corrected chi connectivity index (χ3v) is 5.94. The number of carbonyl (C=O) groups excluding carboxylic acids is 1. The lowest BCUT2D eigenvalue weighted by atomic mass is 9.96. The Morgan fingerprint density at radius 1 is 0.871 bits per heavy atom. The van der Waals surface area contributed by atoms with Gasteiger partial charge in [-0.25, -0.2) is 0 Å². The molecule has 1 atom stereocenters. The van der Waals surface area contributed by atoms with Crippen molar-refractivity contribution in [2.24, 2.45) is 0 Å². The Labute approximate surface area is 181 Å². The van der Waals surface area contributed by atoms with Crippen molar-refractivity contribution in [3.05, 3.63) is 109 Å². The van der Waals surface area contributed by atoms with Crippen LogP contribution in [0.25, 0.3) is 21.7 Å². The zero-order valence-corrected chi connectivity index (χ0v) is 17.3. The van der Waals surface area contributed by atoms with Crippen LogP contribution in [-0.2, 0) is 11.2 Å². The zero-order valence-electron chi connectivity index (χ0n) is 17.3. The summed E-state index contributed by atoms with van der Waals surface area (Å²) in [6.07, 6.45) is 7.31. The fraction of sp³-hybridized carbons (Fsp3) is 0.148. The van der Waals surface area contributed by atoms with Crippen LogP contribution in [0.2, 0.25) is 0 Å². The molecule has 0 saturated carbocycles. The minimum atomic E-state index is -0.0470. The molecule has 0 bridgehead atoms. The molecular formula is C27H25N3O. The molecule has 1 amide bonds. The van der Waals surface area contributed by atoms with Crippen LogP contribution in [0.5, 0.6) is 0 Å². The molecule has 0 spiro atoms. The van der Waals surface area contributed by atoms with E-state index in [1.165, 1.54) is 27.3 Å². The van der Waals surface area contributed by atoms with Crippen LogP contribution in [0.3, 0.4) is 0 Å². The summed E-state index contributed by atoms with van der Waals surface area (Å²) >= 11 is 0. The Hall–Kier alpha value is -3.79. The minimum absolute atomic E-state index is 0.0470. The molecular weight excluding hydrogens is 382 g/mol. The van der Waals surface area contributed by atoms with E-state index in [1.54, 1.807) is 0 Å². The number of hydrogen-bond donors (Lipinski definition) is 2. The molecule has 2 heterocycles. The Morgan fingerprint density at radius 2 is 1.61 bits per heavy atom. The van der Waals surface area contributed by atoms with Gasteiger partial charge >= 0.3 is 0 Å². The first-order valence-electron chi connectivity index (χ1n) is 10.7. The van der Waals surface area contributed by atoms with Gasteiger partial charge in [-0.2, -0.15) is 0 Å². The predicted molar refractivity (Wildman–Crippen MR) is 126 cm³/mol. The van der Waals surface area contributed by atoms with Gasteiger partial charge in [0.25, 0.3) is 0 Å². The third kappa shape index (κ3) is 3.97. The molecule has 5 rings (SSSR count). The maximum Gasteiger partial charge on any atom is 0.222 e. The SMILES string of the molecule is O=C(C[C@H](c1cccc2ccccc12)n1cccc1)NCCc1c[nH]c2ccccc12. The Bertz CT molecular complexity index is 1310. The number of para-hydroxylation sites is 1. The van der Waals surface area contributed by atoms with Crippen LogP contribution < -0.4 is 5.32 Å². The molecule has 0 unspecified atom stereocenters. The van der Waals surface area contributed by atoms with E-state index in [0.29, 0.717) is 13.0 Å². The largest absolute Gasteiger partial charge is 0.361 e. The Kier molecular flexibility index (Phi) is 5.28. The number of rotatable bonds is 7.